The predicted molar refractivity (Wildman–Crippen MR) is 146 cm³/mol. The number of nitrogens with zero attached hydrogens (tertiary/aromatic N) is 7. The van der Waals surface area contributed by atoms with Crippen LogP contribution in [0.15, 0.2) is 90.5 Å². The largest absolute Gasteiger partial charge is 0.490 e. The third-order valence-electron chi connectivity index (χ3n) is 5.79. The number of hydrogen-bond acceptors (Lipinski definition) is 8. The third-order valence-corrected chi connectivity index (χ3v) is 5.79. The zero-order valence-corrected chi connectivity index (χ0v) is 21.6. The van der Waals surface area contributed by atoms with Crippen LogP contribution < -0.4 is 10.9 Å². The fourth-order valence-corrected chi connectivity index (χ4v) is 3.73. The number of hydrogen-bond donors (Lipinski definition) is 3. The second-order valence-corrected chi connectivity index (χ2v) is 8.80. The molecule has 12 nitrogen and oxygen atoms in total. The van der Waals surface area contributed by atoms with Gasteiger partial charge in [0.05, 0.1) is 17.4 Å². The zero-order valence-electron chi connectivity index (χ0n) is 21.6. The lowest BCUT2D eigenvalue weighted by atomic mass is 10.1. The van der Waals surface area contributed by atoms with Crippen molar-refractivity contribution in [3.05, 3.63) is 96.1 Å². The Hall–Kier alpha value is -5.86. The van der Waals surface area contributed by atoms with E-state index in [0.29, 0.717) is 11.8 Å². The maximum absolute atomic E-state index is 11.3. The number of carboxylic acids is 1. The molecule has 0 unspecified atom stereocenters. The predicted octanol–water partition coefficient (Wildman–Crippen LogP) is 4.34. The van der Waals surface area contributed by atoms with Crippen LogP contribution in [-0.4, -0.2) is 56.7 Å². The van der Waals surface area contributed by atoms with Gasteiger partial charge in [-0.2, -0.15) is 18.3 Å². The number of halogens is 3. The standard InChI is InChI=1S/C25H19N9O.C2HF3O2/c1-33-14-19(13-29-33)16-2-3-17-11-27-25(31-22(17)10-16)30-20-5-7-21(8-6-20)34-15-28-24(32-34)18-4-9-23(35)26-12-18;3-2(4,5)1(6)7/h2-15H,1H3,(H,26,35)(H,27,30,31);(H,6,7). The number of aromatic nitrogens is 8. The Morgan fingerprint density at radius 2 is 1.71 bits per heavy atom. The minimum absolute atomic E-state index is 0.166. The van der Waals surface area contributed by atoms with Crippen molar-refractivity contribution in [2.45, 2.75) is 6.18 Å². The summed E-state index contributed by atoms with van der Waals surface area (Å²) in [7, 11) is 1.90. The molecule has 0 atom stereocenters. The van der Waals surface area contributed by atoms with Crippen molar-refractivity contribution in [1.82, 2.24) is 39.5 Å². The highest BCUT2D eigenvalue weighted by Gasteiger charge is 2.38. The van der Waals surface area contributed by atoms with Crippen LogP contribution in [0.5, 0.6) is 0 Å². The number of aromatic amines is 1. The molecule has 0 amide bonds. The van der Waals surface area contributed by atoms with E-state index >= 15 is 0 Å². The molecule has 15 heteroatoms. The van der Waals surface area contributed by atoms with Crippen LogP contribution in [-0.2, 0) is 11.8 Å². The van der Waals surface area contributed by atoms with Crippen molar-refractivity contribution in [2.24, 2.45) is 7.05 Å². The van der Waals surface area contributed by atoms with Crippen LogP contribution in [0.25, 0.3) is 39.1 Å². The van der Waals surface area contributed by atoms with Gasteiger partial charge in [0.2, 0.25) is 11.5 Å². The summed E-state index contributed by atoms with van der Waals surface area (Å²) in [4.78, 5) is 36.2. The molecule has 4 aromatic heterocycles. The van der Waals surface area contributed by atoms with E-state index in [1.807, 2.05) is 61.9 Å². The molecule has 0 saturated carbocycles. The topological polar surface area (TPSA) is 156 Å². The van der Waals surface area contributed by atoms with Crippen molar-refractivity contribution in [1.29, 1.82) is 0 Å². The zero-order chi connectivity index (χ0) is 29.9. The molecule has 6 aromatic rings. The van der Waals surface area contributed by atoms with Crippen molar-refractivity contribution in [3.63, 3.8) is 0 Å². The summed E-state index contributed by atoms with van der Waals surface area (Å²) in [5.41, 5.74) is 5.19. The average Bonchev–Trinajstić information content (AvgIpc) is 3.63. The first-order valence-corrected chi connectivity index (χ1v) is 12.1. The van der Waals surface area contributed by atoms with Gasteiger partial charge in [0.25, 0.3) is 0 Å². The van der Waals surface area contributed by atoms with Crippen LogP contribution in [0, 0.1) is 0 Å². The van der Waals surface area contributed by atoms with Gasteiger partial charge in [-0.05, 0) is 42.0 Å². The maximum Gasteiger partial charge on any atom is 0.490 e. The van der Waals surface area contributed by atoms with E-state index in [2.05, 4.69) is 35.5 Å². The molecular formula is C27H20F3N9O3. The van der Waals surface area contributed by atoms with E-state index in [0.717, 1.165) is 39.0 Å². The SMILES string of the molecule is Cn1cc(-c2ccc3cnc(Nc4ccc(-n5cnc(-c6ccc(=O)[nH]c6)n5)cc4)nc3c2)cn1.O=C(O)C(F)(F)F. The summed E-state index contributed by atoms with van der Waals surface area (Å²) >= 11 is 0. The number of anilines is 2. The molecule has 3 N–H and O–H groups in total. The van der Waals surface area contributed by atoms with Gasteiger partial charge >= 0.3 is 12.1 Å². The number of fused-ring (bicyclic) bond motifs is 1. The summed E-state index contributed by atoms with van der Waals surface area (Å²) in [6.45, 7) is 0. The Morgan fingerprint density at radius 1 is 0.976 bits per heavy atom. The van der Waals surface area contributed by atoms with E-state index in [9.17, 15) is 18.0 Å². The molecule has 0 fully saturated rings. The first kappa shape index (κ1) is 27.7. The van der Waals surface area contributed by atoms with Crippen LogP contribution in [0.2, 0.25) is 0 Å². The van der Waals surface area contributed by atoms with E-state index < -0.39 is 12.1 Å². The average molecular weight is 576 g/mol. The van der Waals surface area contributed by atoms with Gasteiger partial charge < -0.3 is 15.4 Å². The Kier molecular flexibility index (Phi) is 7.47. The molecule has 0 aliphatic heterocycles. The van der Waals surface area contributed by atoms with E-state index in [1.165, 1.54) is 6.07 Å². The number of benzene rings is 2. The number of carbonyl (C=O) groups is 1. The highest BCUT2D eigenvalue weighted by molar-refractivity contribution is 5.84. The molecule has 0 spiro atoms. The smallest absolute Gasteiger partial charge is 0.475 e. The highest BCUT2D eigenvalue weighted by atomic mass is 19.4. The molecule has 2 aromatic carbocycles. The molecule has 0 aliphatic carbocycles. The maximum atomic E-state index is 11.3. The van der Waals surface area contributed by atoms with Crippen molar-refractivity contribution < 1.29 is 23.1 Å². The number of aryl methyl sites for hydroxylation is 1. The van der Waals surface area contributed by atoms with Crippen LogP contribution in [0.1, 0.15) is 0 Å². The molecule has 0 radical (unpaired) electrons. The number of aliphatic carboxylic acids is 1. The van der Waals surface area contributed by atoms with Gasteiger partial charge in [0, 0.05) is 53.9 Å². The molecule has 0 bridgehead atoms. The quantitative estimate of drug-likeness (QED) is 0.272. The molecule has 4 heterocycles. The Labute approximate surface area is 234 Å². The van der Waals surface area contributed by atoms with Crippen molar-refractivity contribution >= 4 is 28.5 Å². The number of H-pyrrole nitrogens is 1. The summed E-state index contributed by atoms with van der Waals surface area (Å²) < 4.78 is 35.2. The lowest BCUT2D eigenvalue weighted by Crippen LogP contribution is -2.21. The lowest BCUT2D eigenvalue weighted by Gasteiger charge is -2.08. The van der Waals surface area contributed by atoms with Crippen molar-refractivity contribution in [2.75, 3.05) is 5.32 Å². The fraction of sp³-hybridized carbons (Fsp3) is 0.0741. The second kappa shape index (κ2) is 11.3. The minimum atomic E-state index is -5.08. The van der Waals surface area contributed by atoms with Gasteiger partial charge in [-0.3, -0.25) is 9.48 Å². The number of rotatable bonds is 5. The first-order chi connectivity index (χ1) is 20.0. The van der Waals surface area contributed by atoms with E-state index in [1.54, 1.807) is 34.2 Å². The Bertz CT molecular complexity index is 1910. The fourth-order valence-electron chi connectivity index (χ4n) is 3.73. The molecular weight excluding hydrogens is 555 g/mol. The van der Waals surface area contributed by atoms with Gasteiger partial charge in [-0.25, -0.2) is 24.4 Å². The number of carboxylic acid groups (broad SMARTS) is 1. The third kappa shape index (κ3) is 6.47. The van der Waals surface area contributed by atoms with E-state index in [4.69, 9.17) is 9.90 Å². The van der Waals surface area contributed by atoms with Crippen LogP contribution >= 0.6 is 0 Å². The lowest BCUT2D eigenvalue weighted by molar-refractivity contribution is -0.192. The summed E-state index contributed by atoms with van der Waals surface area (Å²) in [5.74, 6) is -1.72. The molecule has 212 valence electrons. The second-order valence-electron chi connectivity index (χ2n) is 8.80. The summed E-state index contributed by atoms with van der Waals surface area (Å²) in [6, 6.07) is 16.9. The van der Waals surface area contributed by atoms with Crippen LogP contribution in [0.3, 0.4) is 0 Å². The summed E-state index contributed by atoms with van der Waals surface area (Å²) in [5, 5.41) is 20.1. The number of pyridine rings is 1. The highest BCUT2D eigenvalue weighted by Crippen LogP contribution is 2.24. The molecule has 0 saturated heterocycles. The number of alkyl halides is 3. The first-order valence-electron chi connectivity index (χ1n) is 12.1. The van der Waals surface area contributed by atoms with Crippen molar-refractivity contribution in [3.8, 4) is 28.2 Å². The van der Waals surface area contributed by atoms with E-state index in [-0.39, 0.29) is 5.56 Å². The van der Waals surface area contributed by atoms with Gasteiger partial charge in [0.1, 0.15) is 6.33 Å². The number of nitrogens with one attached hydrogen (secondary N) is 2. The Morgan fingerprint density at radius 3 is 2.36 bits per heavy atom. The van der Waals surface area contributed by atoms with Gasteiger partial charge in [0.15, 0.2) is 5.82 Å². The molecule has 0 aliphatic rings. The van der Waals surface area contributed by atoms with Gasteiger partial charge in [-0.1, -0.05) is 12.1 Å². The van der Waals surface area contributed by atoms with Gasteiger partial charge in [-0.15, -0.1) is 5.10 Å². The van der Waals surface area contributed by atoms with Crippen LogP contribution in [0.4, 0.5) is 24.8 Å². The monoisotopic (exact) mass is 575 g/mol. The molecule has 42 heavy (non-hydrogen) atoms. The summed E-state index contributed by atoms with van der Waals surface area (Å²) in [6.07, 6.45) is 3.76. The minimum Gasteiger partial charge on any atom is -0.475 e. The normalized spacial score (nSPS) is 11.1. The molecule has 6 rings (SSSR count). The Balaban J connectivity index is 0.000000451.